The van der Waals surface area contributed by atoms with Gasteiger partial charge in [-0.25, -0.2) is 4.39 Å². The van der Waals surface area contributed by atoms with Crippen LogP contribution in [0.5, 0.6) is 0 Å². The van der Waals surface area contributed by atoms with Gasteiger partial charge in [-0.15, -0.1) is 0 Å². The molecule has 0 aromatic heterocycles. The van der Waals surface area contributed by atoms with Gasteiger partial charge in [0, 0.05) is 14.6 Å². The maximum Gasteiger partial charge on any atom is 0.124 e. The summed E-state index contributed by atoms with van der Waals surface area (Å²) >= 11 is 8.51. The summed E-state index contributed by atoms with van der Waals surface area (Å²) in [6.45, 7) is 3.03. The van der Waals surface area contributed by atoms with Crippen molar-refractivity contribution in [3.05, 3.63) is 68.0 Å². The van der Waals surface area contributed by atoms with Gasteiger partial charge in [-0.1, -0.05) is 36.7 Å². The lowest BCUT2D eigenvalue weighted by Crippen LogP contribution is -2.24. The van der Waals surface area contributed by atoms with Crippen molar-refractivity contribution in [3.8, 4) is 0 Å². The highest BCUT2D eigenvalue weighted by Gasteiger charge is 2.15. The van der Waals surface area contributed by atoms with Crippen LogP contribution in [0.15, 0.2) is 42.5 Å². The van der Waals surface area contributed by atoms with Crippen LogP contribution in [0.1, 0.15) is 30.5 Å². The fourth-order valence-corrected chi connectivity index (χ4v) is 2.91. The summed E-state index contributed by atoms with van der Waals surface area (Å²) in [7, 11) is 0. The molecule has 0 saturated carbocycles. The van der Waals surface area contributed by atoms with Gasteiger partial charge in [-0.3, -0.25) is 0 Å². The van der Waals surface area contributed by atoms with Crippen LogP contribution in [0, 0.1) is 9.39 Å². The first kappa shape index (κ1) is 16.7. The summed E-state index contributed by atoms with van der Waals surface area (Å²) in [6, 6.07) is 13.2. The van der Waals surface area contributed by atoms with Crippen molar-refractivity contribution in [1.82, 2.24) is 5.32 Å². The molecule has 21 heavy (non-hydrogen) atoms. The Morgan fingerprint density at radius 3 is 2.52 bits per heavy atom. The zero-order chi connectivity index (χ0) is 15.2. The number of halogens is 3. The molecule has 0 amide bonds. The van der Waals surface area contributed by atoms with Gasteiger partial charge in [0.1, 0.15) is 5.82 Å². The first-order chi connectivity index (χ1) is 10.1. The number of benzene rings is 2. The molecule has 0 saturated heterocycles. The molecule has 0 heterocycles. The molecule has 0 radical (unpaired) electrons. The Bertz CT molecular complexity index is 586. The van der Waals surface area contributed by atoms with Crippen LogP contribution in [0.25, 0.3) is 0 Å². The van der Waals surface area contributed by atoms with Crippen molar-refractivity contribution in [2.24, 2.45) is 0 Å². The quantitative estimate of drug-likeness (QED) is 0.623. The van der Waals surface area contributed by atoms with Gasteiger partial charge in [0.25, 0.3) is 0 Å². The van der Waals surface area contributed by atoms with Crippen LogP contribution in [-0.2, 0) is 6.42 Å². The van der Waals surface area contributed by atoms with E-state index in [0.29, 0.717) is 5.02 Å². The van der Waals surface area contributed by atoms with E-state index in [1.54, 1.807) is 6.07 Å². The third kappa shape index (κ3) is 4.94. The first-order valence-electron chi connectivity index (χ1n) is 7.03. The fraction of sp³-hybridized carbons (Fsp3) is 0.294. The van der Waals surface area contributed by atoms with E-state index in [1.807, 2.05) is 0 Å². The molecule has 112 valence electrons. The van der Waals surface area contributed by atoms with Crippen molar-refractivity contribution in [1.29, 1.82) is 0 Å². The second kappa shape index (κ2) is 8.11. The van der Waals surface area contributed by atoms with E-state index in [-0.39, 0.29) is 11.9 Å². The summed E-state index contributed by atoms with van der Waals surface area (Å²) in [5, 5.41) is 3.98. The molecule has 1 N–H and O–H groups in total. The van der Waals surface area contributed by atoms with Gasteiger partial charge in [-0.05, 0) is 77.4 Å². The predicted molar refractivity (Wildman–Crippen MR) is 95.3 cm³/mol. The van der Waals surface area contributed by atoms with Gasteiger partial charge in [0.2, 0.25) is 0 Å². The van der Waals surface area contributed by atoms with Crippen molar-refractivity contribution >= 4 is 34.2 Å². The molecular formula is C17H18ClFIN. The molecule has 1 unspecified atom stereocenters. The Morgan fingerprint density at radius 1 is 1.19 bits per heavy atom. The van der Waals surface area contributed by atoms with E-state index in [0.717, 1.165) is 24.9 Å². The lowest BCUT2D eigenvalue weighted by molar-refractivity contribution is 0.528. The average Bonchev–Trinajstić information content (AvgIpc) is 2.46. The topological polar surface area (TPSA) is 12.0 Å². The minimum atomic E-state index is -0.299. The zero-order valence-electron chi connectivity index (χ0n) is 11.9. The highest BCUT2D eigenvalue weighted by molar-refractivity contribution is 14.1. The van der Waals surface area contributed by atoms with Crippen LogP contribution < -0.4 is 5.32 Å². The van der Waals surface area contributed by atoms with E-state index in [4.69, 9.17) is 11.6 Å². The predicted octanol–water partition coefficient (Wildman–Crippen LogP) is 5.37. The van der Waals surface area contributed by atoms with Gasteiger partial charge in [0.15, 0.2) is 0 Å². The molecule has 0 bridgehead atoms. The Kier molecular flexibility index (Phi) is 6.45. The maximum atomic E-state index is 13.2. The van der Waals surface area contributed by atoms with Crippen LogP contribution in [0.4, 0.5) is 4.39 Å². The second-order valence-corrected chi connectivity index (χ2v) is 6.66. The van der Waals surface area contributed by atoms with Crippen molar-refractivity contribution in [2.75, 3.05) is 6.54 Å². The Hall–Kier alpha value is -0.650. The molecule has 2 aromatic carbocycles. The van der Waals surface area contributed by atoms with Crippen LogP contribution >= 0.6 is 34.2 Å². The normalized spacial score (nSPS) is 12.4. The van der Waals surface area contributed by atoms with Gasteiger partial charge in [0.05, 0.1) is 0 Å². The summed E-state index contributed by atoms with van der Waals surface area (Å²) < 4.78 is 14.4. The molecule has 2 rings (SSSR count). The Balaban J connectivity index is 2.22. The molecule has 0 fully saturated rings. The lowest BCUT2D eigenvalue weighted by Gasteiger charge is -2.20. The van der Waals surface area contributed by atoms with Crippen LogP contribution in [0.3, 0.4) is 0 Å². The van der Waals surface area contributed by atoms with Crippen molar-refractivity contribution in [3.63, 3.8) is 0 Å². The second-order valence-electron chi connectivity index (χ2n) is 5.00. The molecule has 0 aliphatic carbocycles. The molecule has 2 aromatic rings. The molecular weight excluding hydrogens is 400 g/mol. The molecule has 1 atom stereocenters. The SMILES string of the molecule is CCCNC(Cc1ccc(I)cc1)c1ccc(F)cc1Cl. The standard InChI is InChI=1S/C17H18ClFIN/c1-2-9-21-17(10-12-3-6-14(20)7-4-12)15-8-5-13(19)11-16(15)18/h3-8,11,17,21H,2,9-10H2,1H3. The number of rotatable bonds is 6. The third-order valence-corrected chi connectivity index (χ3v) is 4.38. The smallest absolute Gasteiger partial charge is 0.124 e. The first-order valence-corrected chi connectivity index (χ1v) is 8.48. The van der Waals surface area contributed by atoms with Gasteiger partial charge < -0.3 is 5.32 Å². The third-order valence-electron chi connectivity index (χ3n) is 3.33. The molecule has 0 aliphatic heterocycles. The van der Waals surface area contributed by atoms with E-state index < -0.39 is 0 Å². The van der Waals surface area contributed by atoms with E-state index >= 15 is 0 Å². The van der Waals surface area contributed by atoms with E-state index in [9.17, 15) is 4.39 Å². The summed E-state index contributed by atoms with van der Waals surface area (Å²) in [6.07, 6.45) is 1.88. The minimum absolute atomic E-state index is 0.0955. The summed E-state index contributed by atoms with van der Waals surface area (Å²) in [5.74, 6) is -0.299. The summed E-state index contributed by atoms with van der Waals surface area (Å²) in [5.41, 5.74) is 2.19. The fourth-order valence-electron chi connectivity index (χ4n) is 2.25. The molecule has 0 aliphatic rings. The molecule has 4 heteroatoms. The number of nitrogens with one attached hydrogen (secondary N) is 1. The van der Waals surface area contributed by atoms with Crippen LogP contribution in [0.2, 0.25) is 5.02 Å². The van der Waals surface area contributed by atoms with Crippen LogP contribution in [-0.4, -0.2) is 6.54 Å². The molecule has 1 nitrogen and oxygen atoms in total. The van der Waals surface area contributed by atoms with Crippen molar-refractivity contribution < 1.29 is 4.39 Å². The maximum absolute atomic E-state index is 13.2. The highest BCUT2D eigenvalue weighted by atomic mass is 127. The van der Waals surface area contributed by atoms with E-state index in [2.05, 4.69) is 59.1 Å². The monoisotopic (exact) mass is 417 g/mol. The Labute approximate surface area is 144 Å². The number of hydrogen-bond acceptors (Lipinski definition) is 1. The lowest BCUT2D eigenvalue weighted by atomic mass is 9.98. The number of hydrogen-bond donors (Lipinski definition) is 1. The Morgan fingerprint density at radius 2 is 1.90 bits per heavy atom. The van der Waals surface area contributed by atoms with E-state index in [1.165, 1.54) is 21.3 Å². The summed E-state index contributed by atoms with van der Waals surface area (Å²) in [4.78, 5) is 0. The zero-order valence-corrected chi connectivity index (χ0v) is 14.8. The van der Waals surface area contributed by atoms with Gasteiger partial charge in [-0.2, -0.15) is 0 Å². The van der Waals surface area contributed by atoms with Crippen molar-refractivity contribution in [2.45, 2.75) is 25.8 Å². The average molecular weight is 418 g/mol. The van der Waals surface area contributed by atoms with Gasteiger partial charge >= 0.3 is 0 Å². The highest BCUT2D eigenvalue weighted by Crippen LogP contribution is 2.27. The molecule has 0 spiro atoms. The largest absolute Gasteiger partial charge is 0.310 e. The minimum Gasteiger partial charge on any atom is -0.310 e.